The number of nitrogens with one attached hydrogen (secondary N) is 1. The van der Waals surface area contributed by atoms with E-state index in [4.69, 9.17) is 9.47 Å². The number of methoxy groups -OCH3 is 1. The second-order valence-electron chi connectivity index (χ2n) is 10.9. The minimum atomic E-state index is -4.30. The Bertz CT molecular complexity index is 1470. The predicted molar refractivity (Wildman–Crippen MR) is 164 cm³/mol. The van der Waals surface area contributed by atoms with Gasteiger partial charge in [-0.15, -0.1) is 0 Å². The molecule has 0 unspecified atom stereocenters. The molecule has 2 amide bonds. The van der Waals surface area contributed by atoms with Gasteiger partial charge in [0.1, 0.15) is 29.9 Å². The second-order valence-corrected chi connectivity index (χ2v) is 12.8. The van der Waals surface area contributed by atoms with Gasteiger partial charge in [0, 0.05) is 12.1 Å². The van der Waals surface area contributed by atoms with E-state index in [0.29, 0.717) is 18.1 Å². The molecule has 1 atom stereocenters. The zero-order valence-electron chi connectivity index (χ0n) is 25.5. The van der Waals surface area contributed by atoms with Crippen LogP contribution >= 0.6 is 0 Å². The average molecular weight is 614 g/mol. The van der Waals surface area contributed by atoms with Gasteiger partial charge in [0.05, 0.1) is 24.3 Å². The number of amides is 2. The third-order valence-electron chi connectivity index (χ3n) is 6.51. The van der Waals surface area contributed by atoms with Gasteiger partial charge in [-0.05, 0) is 100 Å². The first-order valence-corrected chi connectivity index (χ1v) is 15.5. The number of sulfonamides is 1. The summed E-state index contributed by atoms with van der Waals surface area (Å²) in [5, 5.41) is 2.93. The van der Waals surface area contributed by atoms with Crippen molar-refractivity contribution in [1.82, 2.24) is 10.2 Å². The lowest BCUT2D eigenvalue weighted by molar-refractivity contribution is -0.141. The molecule has 11 heteroatoms. The van der Waals surface area contributed by atoms with Gasteiger partial charge in [-0.3, -0.25) is 13.9 Å². The molecule has 3 rings (SSSR count). The normalized spacial score (nSPS) is 12.3. The average Bonchev–Trinajstić information content (AvgIpc) is 2.96. The highest BCUT2D eigenvalue weighted by molar-refractivity contribution is 7.92. The number of hydrogen-bond acceptors (Lipinski definition) is 6. The number of halogens is 1. The van der Waals surface area contributed by atoms with E-state index in [2.05, 4.69) is 5.32 Å². The predicted octanol–water partition coefficient (Wildman–Crippen LogP) is 5.15. The molecule has 3 aromatic carbocycles. The molecule has 0 aromatic heterocycles. The van der Waals surface area contributed by atoms with Crippen LogP contribution in [0.15, 0.2) is 77.7 Å². The Kier molecular flexibility index (Phi) is 11.2. The molecule has 0 aliphatic rings. The lowest BCUT2D eigenvalue weighted by Crippen LogP contribution is -2.55. The maximum absolute atomic E-state index is 14.1. The number of carbonyl (C=O) groups excluding carboxylic acids is 2. The summed E-state index contributed by atoms with van der Waals surface area (Å²) in [6, 6.07) is 16.8. The summed E-state index contributed by atoms with van der Waals surface area (Å²) in [7, 11) is -2.75. The first-order valence-electron chi connectivity index (χ1n) is 14.0. The molecule has 0 heterocycles. The number of anilines is 1. The van der Waals surface area contributed by atoms with E-state index in [9.17, 15) is 22.4 Å². The second kappa shape index (κ2) is 14.4. The molecule has 0 aliphatic heterocycles. The fraction of sp³-hybridized carbons (Fsp3) is 0.375. The third-order valence-corrected chi connectivity index (χ3v) is 8.30. The Morgan fingerprint density at radius 2 is 1.49 bits per heavy atom. The molecular weight excluding hydrogens is 573 g/mol. The Labute approximate surface area is 253 Å². The first kappa shape index (κ1) is 33.4. The number of carbonyl (C=O) groups is 2. The fourth-order valence-corrected chi connectivity index (χ4v) is 5.85. The van der Waals surface area contributed by atoms with Crippen LogP contribution in [0.4, 0.5) is 10.1 Å². The summed E-state index contributed by atoms with van der Waals surface area (Å²) in [6.45, 7) is 8.95. The number of ether oxygens (including phenoxy) is 2. The van der Waals surface area contributed by atoms with Gasteiger partial charge in [0.25, 0.3) is 10.0 Å². The van der Waals surface area contributed by atoms with Crippen molar-refractivity contribution in [2.75, 3.05) is 24.6 Å². The molecule has 1 N–H and O–H groups in total. The summed E-state index contributed by atoms with van der Waals surface area (Å²) in [5.74, 6) is -0.403. The van der Waals surface area contributed by atoms with Crippen molar-refractivity contribution in [2.24, 2.45) is 0 Å². The zero-order chi connectivity index (χ0) is 31.8. The summed E-state index contributed by atoms with van der Waals surface area (Å²) >= 11 is 0. The lowest BCUT2D eigenvalue weighted by atomic mass is 10.1. The Hall–Kier alpha value is -4.12. The topological polar surface area (TPSA) is 105 Å². The number of hydrogen-bond donors (Lipinski definition) is 1. The van der Waals surface area contributed by atoms with E-state index in [1.165, 1.54) is 41.3 Å². The minimum absolute atomic E-state index is 0.0409. The summed E-state index contributed by atoms with van der Waals surface area (Å²) < 4.78 is 53.4. The monoisotopic (exact) mass is 613 g/mol. The van der Waals surface area contributed by atoms with E-state index < -0.39 is 39.9 Å². The van der Waals surface area contributed by atoms with Gasteiger partial charge in [0.15, 0.2) is 0 Å². The minimum Gasteiger partial charge on any atom is -0.497 e. The number of benzene rings is 3. The van der Waals surface area contributed by atoms with Crippen LogP contribution in [0.1, 0.15) is 46.6 Å². The molecule has 0 bridgehead atoms. The van der Waals surface area contributed by atoms with Crippen molar-refractivity contribution >= 4 is 27.5 Å². The maximum Gasteiger partial charge on any atom is 0.264 e. The quantitative estimate of drug-likeness (QED) is 0.286. The van der Waals surface area contributed by atoms with Gasteiger partial charge >= 0.3 is 0 Å². The standard InChI is InChI=1S/C32H40FN3O6S/c1-7-29(31(38)34-32(3,4)5)35(21-23-9-15-26(41-6)16-10-23)30(37)22-36(25-13-11-24(33)12-14-25)43(39,40)28-19-17-27(18-20-28)42-8-2/h9-20,29H,7-8,21-22H2,1-6H3,(H,34,38)/t29-/m1/s1. The van der Waals surface area contributed by atoms with Crippen LogP contribution in [0.25, 0.3) is 0 Å². The number of nitrogens with zero attached hydrogens (tertiary/aromatic N) is 2. The molecule has 0 saturated carbocycles. The number of rotatable bonds is 13. The van der Waals surface area contributed by atoms with Crippen molar-refractivity contribution in [3.05, 3.63) is 84.2 Å². The molecule has 9 nitrogen and oxygen atoms in total. The molecule has 0 spiro atoms. The first-order chi connectivity index (χ1) is 20.3. The van der Waals surface area contributed by atoms with E-state index in [0.717, 1.165) is 22.0 Å². The lowest BCUT2D eigenvalue weighted by Gasteiger charge is -2.34. The van der Waals surface area contributed by atoms with Crippen LogP contribution in [0.2, 0.25) is 0 Å². The molecule has 43 heavy (non-hydrogen) atoms. The van der Waals surface area contributed by atoms with Crippen molar-refractivity contribution < 1.29 is 31.9 Å². The molecule has 0 fully saturated rings. The maximum atomic E-state index is 14.1. The van der Waals surface area contributed by atoms with Crippen LogP contribution in [-0.2, 0) is 26.2 Å². The Balaban J connectivity index is 2.05. The third kappa shape index (κ3) is 8.93. The van der Waals surface area contributed by atoms with Gasteiger partial charge in [0.2, 0.25) is 11.8 Å². The van der Waals surface area contributed by atoms with E-state index in [-0.39, 0.29) is 29.5 Å². The van der Waals surface area contributed by atoms with Crippen LogP contribution in [0.5, 0.6) is 11.5 Å². The molecular formula is C32H40FN3O6S. The zero-order valence-corrected chi connectivity index (χ0v) is 26.3. The molecule has 232 valence electrons. The van der Waals surface area contributed by atoms with Crippen LogP contribution in [0, 0.1) is 5.82 Å². The van der Waals surface area contributed by atoms with Crippen LogP contribution < -0.4 is 19.1 Å². The van der Waals surface area contributed by atoms with Gasteiger partial charge in [-0.2, -0.15) is 0 Å². The molecule has 0 aliphatic carbocycles. The van der Waals surface area contributed by atoms with Gasteiger partial charge in [-0.25, -0.2) is 12.8 Å². The van der Waals surface area contributed by atoms with E-state index in [1.54, 1.807) is 38.3 Å². The highest BCUT2D eigenvalue weighted by Crippen LogP contribution is 2.27. The van der Waals surface area contributed by atoms with Crippen LogP contribution in [0.3, 0.4) is 0 Å². The van der Waals surface area contributed by atoms with Crippen molar-refractivity contribution in [1.29, 1.82) is 0 Å². The van der Waals surface area contributed by atoms with Gasteiger partial charge < -0.3 is 19.7 Å². The van der Waals surface area contributed by atoms with Crippen LogP contribution in [-0.4, -0.2) is 57.0 Å². The van der Waals surface area contributed by atoms with Gasteiger partial charge in [-0.1, -0.05) is 19.1 Å². The fourth-order valence-electron chi connectivity index (χ4n) is 4.44. The molecule has 3 aromatic rings. The highest BCUT2D eigenvalue weighted by Gasteiger charge is 2.34. The highest BCUT2D eigenvalue weighted by atomic mass is 32.2. The van der Waals surface area contributed by atoms with E-state index >= 15 is 0 Å². The smallest absolute Gasteiger partial charge is 0.264 e. The molecule has 0 saturated heterocycles. The largest absolute Gasteiger partial charge is 0.497 e. The van der Waals surface area contributed by atoms with E-state index in [1.807, 2.05) is 27.7 Å². The van der Waals surface area contributed by atoms with Crippen molar-refractivity contribution in [2.45, 2.75) is 64.1 Å². The van der Waals surface area contributed by atoms with Crippen molar-refractivity contribution in [3.63, 3.8) is 0 Å². The summed E-state index contributed by atoms with van der Waals surface area (Å²) in [6.07, 6.45) is 0.284. The SMILES string of the molecule is CCOc1ccc(S(=O)(=O)N(CC(=O)N(Cc2ccc(OC)cc2)[C@H](CC)C(=O)NC(C)(C)C)c2ccc(F)cc2)cc1. The summed E-state index contributed by atoms with van der Waals surface area (Å²) in [4.78, 5) is 28.8. The van der Waals surface area contributed by atoms with Crippen molar-refractivity contribution in [3.8, 4) is 11.5 Å². The Morgan fingerprint density at radius 3 is 2.00 bits per heavy atom. The Morgan fingerprint density at radius 1 is 0.907 bits per heavy atom. The summed E-state index contributed by atoms with van der Waals surface area (Å²) in [5.41, 5.74) is 0.260. The molecule has 0 radical (unpaired) electrons.